The van der Waals surface area contributed by atoms with Gasteiger partial charge in [-0.1, -0.05) is 0 Å². The van der Waals surface area contributed by atoms with E-state index in [1.807, 2.05) is 24.4 Å². The Morgan fingerprint density at radius 1 is 1.03 bits per heavy atom. The van der Waals surface area contributed by atoms with Crippen molar-refractivity contribution in [2.75, 3.05) is 11.9 Å². The number of sulfone groups is 1. The van der Waals surface area contributed by atoms with Gasteiger partial charge in [-0.05, 0) is 68.4 Å². The predicted molar refractivity (Wildman–Crippen MR) is 113 cm³/mol. The Kier molecular flexibility index (Phi) is 6.31. The molecular formula is C21H22N4O4S. The molecule has 0 fully saturated rings. The number of benzene rings is 2. The minimum absolute atomic E-state index is 0.158. The average Bonchev–Trinajstić information content (AvgIpc) is 3.27. The molecule has 0 unspecified atom stereocenters. The summed E-state index contributed by atoms with van der Waals surface area (Å²) in [5, 5.41) is 8.80. The summed E-state index contributed by atoms with van der Waals surface area (Å²) in [6.45, 7) is 2.98. The zero-order chi connectivity index (χ0) is 21.7. The zero-order valence-electron chi connectivity index (χ0n) is 16.6. The largest absolute Gasteiger partial charge is 0.343 e. The summed E-state index contributed by atoms with van der Waals surface area (Å²) in [5.74, 6) is -0.845. The van der Waals surface area contributed by atoms with E-state index >= 15 is 0 Å². The second kappa shape index (κ2) is 8.91. The molecule has 2 aromatic carbocycles. The van der Waals surface area contributed by atoms with Crippen LogP contribution in [0, 0.1) is 0 Å². The number of aromatic nitrogens is 2. The van der Waals surface area contributed by atoms with Crippen LogP contribution in [0.1, 0.15) is 24.2 Å². The summed E-state index contributed by atoms with van der Waals surface area (Å²) in [5.41, 5.74) is 1.72. The molecule has 30 heavy (non-hydrogen) atoms. The van der Waals surface area contributed by atoms with E-state index in [1.54, 1.807) is 36.9 Å². The van der Waals surface area contributed by atoms with Crippen LogP contribution in [0.4, 0.5) is 5.69 Å². The van der Waals surface area contributed by atoms with Crippen molar-refractivity contribution in [1.82, 2.24) is 15.1 Å². The number of carbonyl (C=O) groups excluding carboxylic acids is 2. The zero-order valence-corrected chi connectivity index (χ0v) is 17.4. The molecule has 1 aromatic heterocycles. The first kappa shape index (κ1) is 21.3. The highest BCUT2D eigenvalue weighted by Crippen LogP contribution is 2.16. The lowest BCUT2D eigenvalue weighted by Gasteiger charge is -2.10. The maximum atomic E-state index is 12.2. The van der Waals surface area contributed by atoms with Gasteiger partial charge < -0.3 is 10.6 Å². The van der Waals surface area contributed by atoms with Gasteiger partial charge in [-0.2, -0.15) is 5.10 Å². The van der Waals surface area contributed by atoms with Gasteiger partial charge in [0.1, 0.15) is 0 Å². The van der Waals surface area contributed by atoms with Crippen molar-refractivity contribution in [3.05, 3.63) is 72.6 Å². The summed E-state index contributed by atoms with van der Waals surface area (Å²) in [6.07, 6.45) is 3.49. The number of nitrogens with one attached hydrogen (secondary N) is 2. The van der Waals surface area contributed by atoms with Crippen molar-refractivity contribution in [3.8, 4) is 5.69 Å². The van der Waals surface area contributed by atoms with Crippen LogP contribution < -0.4 is 10.6 Å². The van der Waals surface area contributed by atoms with E-state index < -0.39 is 21.0 Å². The van der Waals surface area contributed by atoms with Gasteiger partial charge >= 0.3 is 0 Å². The van der Waals surface area contributed by atoms with Gasteiger partial charge in [0.25, 0.3) is 5.91 Å². The molecule has 0 aliphatic heterocycles. The first-order valence-corrected chi connectivity index (χ1v) is 10.8. The number of carbonyl (C=O) groups is 2. The Bertz CT molecular complexity index is 1120. The van der Waals surface area contributed by atoms with E-state index in [0.717, 1.165) is 5.69 Å². The van der Waals surface area contributed by atoms with Gasteiger partial charge in [0.2, 0.25) is 5.91 Å². The minimum atomic E-state index is -3.40. The summed E-state index contributed by atoms with van der Waals surface area (Å²) >= 11 is 0. The van der Waals surface area contributed by atoms with Gasteiger partial charge in [-0.25, -0.2) is 13.1 Å². The molecule has 0 aliphatic rings. The lowest BCUT2D eigenvalue weighted by Crippen LogP contribution is -2.32. The van der Waals surface area contributed by atoms with Crippen molar-refractivity contribution in [2.24, 2.45) is 0 Å². The predicted octanol–water partition coefficient (Wildman–Crippen LogP) is 2.42. The second-order valence-corrected chi connectivity index (χ2v) is 9.35. The Morgan fingerprint density at radius 3 is 2.27 bits per heavy atom. The quantitative estimate of drug-likeness (QED) is 0.603. The number of nitrogens with zero attached hydrogens (tertiary/aromatic N) is 2. The molecule has 2 N–H and O–H groups in total. The highest BCUT2D eigenvalue weighted by Gasteiger charge is 2.19. The number of rotatable bonds is 7. The third-order valence-electron chi connectivity index (χ3n) is 4.40. The number of anilines is 1. The molecule has 2 amide bonds. The standard InChI is InChI=1S/C21H22N4O4S/c1-15(2)30(28,29)19-10-4-16(5-11-19)21(27)22-14-20(26)24-17-6-8-18(9-7-17)25-13-3-12-23-25/h3-13,15H,14H2,1-2H3,(H,22,27)(H,24,26). The summed E-state index contributed by atoms with van der Waals surface area (Å²) in [7, 11) is -3.40. The molecule has 0 bridgehead atoms. The third-order valence-corrected chi connectivity index (χ3v) is 6.57. The van der Waals surface area contributed by atoms with Gasteiger partial charge in [0, 0.05) is 23.6 Å². The Balaban J connectivity index is 1.54. The van der Waals surface area contributed by atoms with Crippen molar-refractivity contribution in [1.29, 1.82) is 0 Å². The summed E-state index contributed by atoms with van der Waals surface area (Å²) < 4.78 is 26.0. The molecule has 8 nitrogen and oxygen atoms in total. The smallest absolute Gasteiger partial charge is 0.251 e. The van der Waals surface area contributed by atoms with Crippen LogP contribution in [0.25, 0.3) is 5.69 Å². The lowest BCUT2D eigenvalue weighted by atomic mass is 10.2. The highest BCUT2D eigenvalue weighted by atomic mass is 32.2. The van der Waals surface area contributed by atoms with E-state index in [9.17, 15) is 18.0 Å². The van der Waals surface area contributed by atoms with E-state index in [-0.39, 0.29) is 22.9 Å². The molecule has 9 heteroatoms. The number of hydrogen-bond acceptors (Lipinski definition) is 5. The van der Waals surface area contributed by atoms with Crippen molar-refractivity contribution >= 4 is 27.3 Å². The number of amides is 2. The van der Waals surface area contributed by atoms with Gasteiger partial charge in [0.05, 0.1) is 22.4 Å². The van der Waals surface area contributed by atoms with Crippen LogP contribution in [0.2, 0.25) is 0 Å². The molecule has 0 atom stereocenters. The van der Waals surface area contributed by atoms with Gasteiger partial charge in [0.15, 0.2) is 9.84 Å². The van der Waals surface area contributed by atoms with Crippen molar-refractivity contribution in [3.63, 3.8) is 0 Å². The Morgan fingerprint density at radius 2 is 1.70 bits per heavy atom. The van der Waals surface area contributed by atoms with Crippen molar-refractivity contribution in [2.45, 2.75) is 24.0 Å². The highest BCUT2D eigenvalue weighted by molar-refractivity contribution is 7.92. The Labute approximate surface area is 174 Å². The van der Waals surface area contributed by atoms with E-state index in [2.05, 4.69) is 15.7 Å². The SMILES string of the molecule is CC(C)S(=O)(=O)c1ccc(C(=O)NCC(=O)Nc2ccc(-n3cccn3)cc2)cc1. The lowest BCUT2D eigenvalue weighted by molar-refractivity contribution is -0.115. The summed E-state index contributed by atoms with van der Waals surface area (Å²) in [6, 6.07) is 14.6. The van der Waals surface area contributed by atoms with Crippen LogP contribution in [0.15, 0.2) is 71.9 Å². The van der Waals surface area contributed by atoms with E-state index in [1.165, 1.54) is 24.3 Å². The normalized spacial score (nSPS) is 11.3. The first-order valence-electron chi connectivity index (χ1n) is 9.29. The van der Waals surface area contributed by atoms with Crippen LogP contribution in [-0.4, -0.2) is 41.8 Å². The molecule has 0 saturated heterocycles. The Hall–Kier alpha value is -3.46. The first-order chi connectivity index (χ1) is 14.3. The van der Waals surface area contributed by atoms with Crippen LogP contribution in [0.5, 0.6) is 0 Å². The molecular weight excluding hydrogens is 404 g/mol. The fourth-order valence-electron chi connectivity index (χ4n) is 2.66. The van der Waals surface area contributed by atoms with E-state index in [0.29, 0.717) is 5.69 Å². The summed E-state index contributed by atoms with van der Waals surface area (Å²) in [4.78, 5) is 24.5. The van der Waals surface area contributed by atoms with Gasteiger partial charge in [-0.15, -0.1) is 0 Å². The van der Waals surface area contributed by atoms with Gasteiger partial charge in [-0.3, -0.25) is 9.59 Å². The number of hydrogen-bond donors (Lipinski definition) is 2. The molecule has 1 heterocycles. The topological polar surface area (TPSA) is 110 Å². The molecule has 0 radical (unpaired) electrons. The molecule has 0 aliphatic carbocycles. The molecule has 156 valence electrons. The molecule has 0 saturated carbocycles. The maximum Gasteiger partial charge on any atom is 0.251 e. The van der Waals surface area contributed by atoms with E-state index in [4.69, 9.17) is 0 Å². The van der Waals surface area contributed by atoms with Crippen LogP contribution in [0.3, 0.4) is 0 Å². The molecule has 3 rings (SSSR count). The fourth-order valence-corrected chi connectivity index (χ4v) is 3.71. The molecule has 3 aromatic rings. The average molecular weight is 426 g/mol. The fraction of sp³-hybridized carbons (Fsp3) is 0.190. The maximum absolute atomic E-state index is 12.2. The van der Waals surface area contributed by atoms with Crippen LogP contribution in [-0.2, 0) is 14.6 Å². The van der Waals surface area contributed by atoms with Crippen molar-refractivity contribution < 1.29 is 18.0 Å². The minimum Gasteiger partial charge on any atom is -0.343 e. The monoisotopic (exact) mass is 426 g/mol. The van der Waals surface area contributed by atoms with Crippen LogP contribution >= 0.6 is 0 Å². The third kappa shape index (κ3) is 4.93. The molecule has 0 spiro atoms. The second-order valence-electron chi connectivity index (χ2n) is 6.85.